The van der Waals surface area contributed by atoms with Crippen LogP contribution in [-0.4, -0.2) is 60.0 Å². The third-order valence-corrected chi connectivity index (χ3v) is 8.70. The van der Waals surface area contributed by atoms with E-state index in [0.717, 1.165) is 23.1 Å². The molecule has 3 N–H and O–H groups in total. The maximum atomic E-state index is 13.2. The average Bonchev–Trinajstić information content (AvgIpc) is 3.81. The fourth-order valence-electron chi connectivity index (χ4n) is 6.24. The Labute approximate surface area is 271 Å². The van der Waals surface area contributed by atoms with Crippen LogP contribution >= 0.6 is 0 Å². The lowest BCUT2D eigenvalue weighted by Crippen LogP contribution is -2.43. The summed E-state index contributed by atoms with van der Waals surface area (Å²) in [7, 11) is 0. The van der Waals surface area contributed by atoms with Crippen LogP contribution in [0.2, 0.25) is 0 Å². The molecule has 0 aliphatic carbocycles. The molecular formula is C37H44N4O5. The highest BCUT2D eigenvalue weighted by Crippen LogP contribution is 2.45. The van der Waals surface area contributed by atoms with Gasteiger partial charge in [0, 0.05) is 56.9 Å². The zero-order chi connectivity index (χ0) is 32.8. The zero-order valence-electron chi connectivity index (χ0n) is 27.1. The van der Waals surface area contributed by atoms with Crippen molar-refractivity contribution in [3.63, 3.8) is 0 Å². The molecule has 0 bridgehead atoms. The van der Waals surface area contributed by atoms with E-state index in [0.29, 0.717) is 38.0 Å². The van der Waals surface area contributed by atoms with Crippen molar-refractivity contribution in [1.29, 1.82) is 0 Å². The first kappa shape index (κ1) is 32.9. The number of piperidine rings is 1. The van der Waals surface area contributed by atoms with Gasteiger partial charge in [-0.25, -0.2) is 0 Å². The molecule has 2 heterocycles. The van der Waals surface area contributed by atoms with Crippen LogP contribution < -0.4 is 16.0 Å². The summed E-state index contributed by atoms with van der Waals surface area (Å²) in [5.74, 6) is -0.310. The number of hydrogen-bond donors (Lipinski definition) is 3. The van der Waals surface area contributed by atoms with Gasteiger partial charge in [0.05, 0.1) is 0 Å². The molecule has 5 rings (SSSR count). The summed E-state index contributed by atoms with van der Waals surface area (Å²) in [4.78, 5) is 50.8. The van der Waals surface area contributed by atoms with Gasteiger partial charge in [-0.15, -0.1) is 0 Å². The van der Waals surface area contributed by atoms with Crippen LogP contribution in [0, 0.1) is 13.8 Å². The van der Waals surface area contributed by atoms with Gasteiger partial charge < -0.3 is 25.6 Å². The van der Waals surface area contributed by atoms with Crippen LogP contribution in [0.25, 0.3) is 11.1 Å². The van der Waals surface area contributed by atoms with Gasteiger partial charge in [0.25, 0.3) is 0 Å². The number of nitrogens with zero attached hydrogens (tertiary/aromatic N) is 1. The summed E-state index contributed by atoms with van der Waals surface area (Å²) >= 11 is 0. The summed E-state index contributed by atoms with van der Waals surface area (Å²) in [6, 6.07) is 22.2. The Morgan fingerprint density at radius 2 is 1.74 bits per heavy atom. The van der Waals surface area contributed by atoms with Crippen molar-refractivity contribution in [2.45, 2.75) is 84.1 Å². The van der Waals surface area contributed by atoms with Crippen LogP contribution in [0.5, 0.6) is 0 Å². The van der Waals surface area contributed by atoms with Gasteiger partial charge in [-0.3, -0.25) is 19.2 Å². The van der Waals surface area contributed by atoms with E-state index >= 15 is 0 Å². The van der Waals surface area contributed by atoms with Gasteiger partial charge in [0.15, 0.2) is 6.23 Å². The lowest BCUT2D eigenvalue weighted by atomic mass is 9.87. The number of carbonyl (C=O) groups excluding carboxylic acids is 4. The molecule has 2 aliphatic heterocycles. The zero-order valence-corrected chi connectivity index (χ0v) is 27.1. The fourth-order valence-corrected chi connectivity index (χ4v) is 6.24. The third-order valence-electron chi connectivity index (χ3n) is 8.70. The average molecular weight is 625 g/mol. The Kier molecular flexibility index (Phi) is 10.5. The van der Waals surface area contributed by atoms with Gasteiger partial charge in [-0.2, -0.15) is 0 Å². The Bertz CT molecular complexity index is 1590. The van der Waals surface area contributed by atoms with Crippen molar-refractivity contribution in [3.8, 4) is 11.1 Å². The fraction of sp³-hybridized carbons (Fsp3) is 0.405. The topological polar surface area (TPSA) is 120 Å². The predicted octanol–water partition coefficient (Wildman–Crippen LogP) is 5.00. The highest BCUT2D eigenvalue weighted by atomic mass is 16.6. The van der Waals surface area contributed by atoms with E-state index in [9.17, 15) is 19.2 Å². The number of rotatable bonds is 13. The lowest BCUT2D eigenvalue weighted by Gasteiger charge is -2.28. The first-order valence-electron chi connectivity index (χ1n) is 16.1. The summed E-state index contributed by atoms with van der Waals surface area (Å²) in [5, 5.41) is 8.67. The third kappa shape index (κ3) is 8.60. The second-order valence-electron chi connectivity index (χ2n) is 12.6. The number of carbonyl (C=O) groups is 4. The minimum Gasteiger partial charge on any atom is -0.356 e. The Morgan fingerprint density at radius 3 is 2.48 bits per heavy atom. The number of nitrogens with one attached hydrogen (secondary N) is 3. The highest BCUT2D eigenvalue weighted by molar-refractivity contribution is 5.91. The monoisotopic (exact) mass is 624 g/mol. The van der Waals surface area contributed by atoms with E-state index in [2.05, 4.69) is 54.1 Å². The predicted molar refractivity (Wildman–Crippen MR) is 178 cm³/mol. The number of epoxide rings is 1. The Morgan fingerprint density at radius 1 is 0.957 bits per heavy atom. The van der Waals surface area contributed by atoms with E-state index in [1.54, 1.807) is 4.90 Å². The largest absolute Gasteiger partial charge is 0.356 e. The van der Waals surface area contributed by atoms with E-state index < -0.39 is 0 Å². The molecule has 0 spiro atoms. The van der Waals surface area contributed by atoms with Crippen LogP contribution in [-0.2, 0) is 30.3 Å². The Hall–Kier alpha value is -4.50. The molecule has 0 radical (unpaired) electrons. The molecule has 0 saturated carbocycles. The van der Waals surface area contributed by atoms with Crippen molar-refractivity contribution >= 4 is 29.3 Å². The normalized spacial score (nSPS) is 19.2. The number of likely N-dealkylation sites (tertiary alicyclic amines) is 1. The molecular weight excluding hydrogens is 580 g/mol. The minimum absolute atomic E-state index is 0.00227. The molecule has 46 heavy (non-hydrogen) atoms. The second kappa shape index (κ2) is 14.7. The number of benzene rings is 3. The van der Waals surface area contributed by atoms with Gasteiger partial charge >= 0.3 is 0 Å². The number of fused-ring (bicyclic) bond motifs is 1. The van der Waals surface area contributed by atoms with Gasteiger partial charge in [-0.1, -0.05) is 60.2 Å². The van der Waals surface area contributed by atoms with E-state index in [1.165, 1.54) is 23.6 Å². The summed E-state index contributed by atoms with van der Waals surface area (Å²) in [6.07, 6.45) is 1.86. The van der Waals surface area contributed by atoms with Crippen molar-refractivity contribution in [3.05, 3.63) is 89.0 Å². The molecule has 9 nitrogen and oxygen atoms in total. The van der Waals surface area contributed by atoms with Crippen LogP contribution in [0.4, 0.5) is 5.69 Å². The number of anilines is 1. The van der Waals surface area contributed by atoms with Crippen LogP contribution in [0.3, 0.4) is 0 Å². The maximum Gasteiger partial charge on any atom is 0.225 e. The van der Waals surface area contributed by atoms with Crippen molar-refractivity contribution in [2.75, 3.05) is 18.4 Å². The smallest absolute Gasteiger partial charge is 0.225 e. The van der Waals surface area contributed by atoms with Crippen molar-refractivity contribution in [2.24, 2.45) is 0 Å². The van der Waals surface area contributed by atoms with Gasteiger partial charge in [0.2, 0.25) is 23.6 Å². The molecule has 4 unspecified atom stereocenters. The van der Waals surface area contributed by atoms with E-state index in [4.69, 9.17) is 4.74 Å². The molecule has 3 aromatic rings. The second-order valence-corrected chi connectivity index (χ2v) is 12.6. The molecule has 2 aliphatic rings. The summed E-state index contributed by atoms with van der Waals surface area (Å²) in [6.45, 7) is 8.45. The number of ether oxygens (including phenoxy) is 1. The quantitative estimate of drug-likeness (QED) is 0.183. The first-order valence-corrected chi connectivity index (χ1v) is 16.1. The molecule has 2 saturated heterocycles. The number of hydrogen-bond acceptors (Lipinski definition) is 5. The molecule has 4 atom stereocenters. The molecule has 0 aromatic heterocycles. The summed E-state index contributed by atoms with van der Waals surface area (Å²) in [5.41, 5.74) is 7.45. The van der Waals surface area contributed by atoms with E-state index in [-0.39, 0.29) is 54.3 Å². The minimum atomic E-state index is -0.295. The van der Waals surface area contributed by atoms with Crippen molar-refractivity contribution in [1.82, 2.24) is 15.5 Å². The molecule has 2 fully saturated rings. The van der Waals surface area contributed by atoms with Crippen LogP contribution in [0.1, 0.15) is 67.7 Å². The first-order chi connectivity index (χ1) is 22.1. The number of amides is 4. The molecule has 9 heteroatoms. The SMILES string of the molecule is CC(=O)NCCCC(=O)Nc1ccc(-c2cccc(C3CC(=O)N(CCC(=O)NC(C)Cc4ccc(C)cc4C)C4OC34)c2)cc1. The molecule has 242 valence electrons. The summed E-state index contributed by atoms with van der Waals surface area (Å²) < 4.78 is 6.00. The van der Waals surface area contributed by atoms with Crippen LogP contribution in [0.15, 0.2) is 66.7 Å². The maximum absolute atomic E-state index is 13.2. The number of aryl methyl sites for hydroxylation is 2. The van der Waals surface area contributed by atoms with Crippen molar-refractivity contribution < 1.29 is 23.9 Å². The standard InChI is InChI=1S/C37H44N4O5/c1-23-10-11-28(24(2)19-23)20-25(3)39-34(44)16-18-41-35(45)22-32(36-37(41)46-36)30-8-5-7-29(21-30)27-12-14-31(15-13-27)40-33(43)9-6-17-38-26(4)42/h5,7-8,10-15,19,21,25,32,36-37H,6,9,16-18,20,22H2,1-4H3,(H,38,42)(H,39,44)(H,40,43). The Balaban J connectivity index is 1.10. The molecule has 4 amide bonds. The lowest BCUT2D eigenvalue weighted by molar-refractivity contribution is -0.135. The highest BCUT2D eigenvalue weighted by Gasteiger charge is 2.55. The van der Waals surface area contributed by atoms with Gasteiger partial charge in [-0.05, 0) is 73.6 Å². The van der Waals surface area contributed by atoms with Gasteiger partial charge in [0.1, 0.15) is 6.10 Å². The van der Waals surface area contributed by atoms with E-state index in [1.807, 2.05) is 49.4 Å². The molecule has 3 aromatic carbocycles.